The molecule has 2 heterocycles. The second kappa shape index (κ2) is 14.3. The normalized spacial score (nSPS) is 54.9. The third-order valence-corrected chi connectivity index (χ3v) is 16.8. The monoisotopic (exact) mass is 780 g/mol. The lowest BCUT2D eigenvalue weighted by Crippen LogP contribution is -2.67. The summed E-state index contributed by atoms with van der Waals surface area (Å²) in [6.07, 6.45) is -4.80. The number of hydrogen-bond donors (Lipinski definition) is 9. The SMILES string of the molecule is CC1OC(OC2C(O)C(CO)OC(OC3CCC4(C)C(CCC5(C)C4C=CC4=C6CC(C)(C)CCC6(CO)C(O)CC45C)C3(C)CO)C2O)C(O)C(O)C1O. The Morgan fingerprint density at radius 2 is 1.44 bits per heavy atom. The number of hydrogen-bond acceptors (Lipinski definition) is 13. The standard InChI is InChI=1S/C42H68O13/c1-21-29(47)31(49)32(50)35(52-21)55-34-30(48)24(18-43)53-36(33(34)51)54-28-11-12-38(4)25(39(28,5)19-44)10-13-40(6)26(38)9-8-22-23-16-37(2,3)14-15-42(23,20-45)27(46)17-41(22,40)7/h8-9,21,24-36,43-51H,10-20H2,1-7H3. The van der Waals surface area contributed by atoms with Crippen LogP contribution in [0.4, 0.5) is 0 Å². The maximum Gasteiger partial charge on any atom is 0.187 e. The molecule has 5 fully saturated rings. The molecule has 0 radical (unpaired) electrons. The molecule has 0 aromatic heterocycles. The molecule has 0 aromatic carbocycles. The van der Waals surface area contributed by atoms with Crippen molar-refractivity contribution in [2.75, 3.05) is 19.8 Å². The first-order valence-electron chi connectivity index (χ1n) is 20.6. The molecule has 7 rings (SSSR count). The second-order valence-electron chi connectivity index (χ2n) is 20.3. The second-order valence-corrected chi connectivity index (χ2v) is 20.3. The van der Waals surface area contributed by atoms with Gasteiger partial charge >= 0.3 is 0 Å². The Morgan fingerprint density at radius 1 is 0.745 bits per heavy atom. The van der Waals surface area contributed by atoms with Crippen molar-refractivity contribution in [2.45, 2.75) is 173 Å². The average molecular weight is 781 g/mol. The fourth-order valence-electron chi connectivity index (χ4n) is 13.0. The molecule has 5 aliphatic carbocycles. The van der Waals surface area contributed by atoms with Crippen LogP contribution in [0.3, 0.4) is 0 Å². The maximum absolute atomic E-state index is 12.0. The van der Waals surface area contributed by atoms with Crippen molar-refractivity contribution in [3.8, 4) is 0 Å². The van der Waals surface area contributed by atoms with E-state index in [1.165, 1.54) is 18.1 Å². The maximum atomic E-state index is 12.0. The van der Waals surface area contributed by atoms with E-state index in [9.17, 15) is 46.0 Å². The Balaban J connectivity index is 1.16. The summed E-state index contributed by atoms with van der Waals surface area (Å²) in [5.74, 6) is 0.113. The molecule has 13 nitrogen and oxygen atoms in total. The van der Waals surface area contributed by atoms with Crippen LogP contribution in [0.25, 0.3) is 0 Å². The molecule has 314 valence electrons. The summed E-state index contributed by atoms with van der Waals surface area (Å²) in [4.78, 5) is 0. The Bertz CT molecular complexity index is 1500. The first kappa shape index (κ1) is 42.1. The van der Waals surface area contributed by atoms with Gasteiger partial charge in [0.25, 0.3) is 0 Å². The minimum Gasteiger partial charge on any atom is -0.396 e. The molecule has 3 saturated carbocycles. The summed E-state index contributed by atoms with van der Waals surface area (Å²) in [6, 6.07) is 0. The van der Waals surface area contributed by atoms with E-state index in [0.29, 0.717) is 12.8 Å². The van der Waals surface area contributed by atoms with Gasteiger partial charge in [0.2, 0.25) is 0 Å². The molecule has 0 bridgehead atoms. The van der Waals surface area contributed by atoms with Gasteiger partial charge < -0.3 is 64.9 Å². The van der Waals surface area contributed by atoms with Crippen LogP contribution >= 0.6 is 0 Å². The van der Waals surface area contributed by atoms with Crippen molar-refractivity contribution in [3.05, 3.63) is 23.3 Å². The van der Waals surface area contributed by atoms with Crippen LogP contribution < -0.4 is 0 Å². The largest absolute Gasteiger partial charge is 0.396 e. The molecule has 2 saturated heterocycles. The Hall–Kier alpha value is -1.04. The fraction of sp³-hybridized carbons (Fsp3) is 0.905. The number of aliphatic hydroxyl groups excluding tert-OH is 9. The van der Waals surface area contributed by atoms with Crippen molar-refractivity contribution in [1.29, 1.82) is 0 Å². The van der Waals surface area contributed by atoms with Gasteiger partial charge in [0.1, 0.15) is 42.7 Å². The lowest BCUT2D eigenvalue weighted by atomic mass is 9.35. The Morgan fingerprint density at radius 3 is 2.09 bits per heavy atom. The van der Waals surface area contributed by atoms with Crippen LogP contribution in [-0.2, 0) is 18.9 Å². The van der Waals surface area contributed by atoms with Gasteiger partial charge in [-0.3, -0.25) is 0 Å². The van der Waals surface area contributed by atoms with Crippen LogP contribution in [0.15, 0.2) is 23.3 Å². The van der Waals surface area contributed by atoms with Gasteiger partial charge in [-0.05, 0) is 91.9 Å². The van der Waals surface area contributed by atoms with Gasteiger partial charge in [-0.2, -0.15) is 0 Å². The van der Waals surface area contributed by atoms with Crippen LogP contribution in [0, 0.1) is 44.3 Å². The minimum atomic E-state index is -1.68. The Kier molecular flexibility index (Phi) is 11.0. The first-order chi connectivity index (χ1) is 25.7. The Labute approximate surface area is 325 Å². The van der Waals surface area contributed by atoms with Crippen molar-refractivity contribution in [3.63, 3.8) is 0 Å². The van der Waals surface area contributed by atoms with Gasteiger partial charge in [0, 0.05) is 16.2 Å². The molecule has 2 aliphatic heterocycles. The molecule has 55 heavy (non-hydrogen) atoms. The summed E-state index contributed by atoms with van der Waals surface area (Å²) >= 11 is 0. The molecular weight excluding hydrogens is 712 g/mol. The van der Waals surface area contributed by atoms with Gasteiger partial charge in [-0.25, -0.2) is 0 Å². The van der Waals surface area contributed by atoms with Crippen LogP contribution in [0.5, 0.6) is 0 Å². The van der Waals surface area contributed by atoms with Gasteiger partial charge in [0.15, 0.2) is 12.6 Å². The number of aliphatic hydroxyl groups is 9. The van der Waals surface area contributed by atoms with E-state index in [1.807, 2.05) is 6.92 Å². The number of allylic oxidation sites excluding steroid dienone is 3. The van der Waals surface area contributed by atoms with Gasteiger partial charge in [0.05, 0.1) is 38.1 Å². The van der Waals surface area contributed by atoms with E-state index in [2.05, 4.69) is 46.8 Å². The van der Waals surface area contributed by atoms with Crippen LogP contribution in [-0.4, -0.2) is 139 Å². The van der Waals surface area contributed by atoms with Crippen LogP contribution in [0.2, 0.25) is 0 Å². The summed E-state index contributed by atoms with van der Waals surface area (Å²) in [5.41, 5.74) is 0.374. The van der Waals surface area contributed by atoms with Crippen LogP contribution in [0.1, 0.15) is 99.8 Å². The molecule has 7 aliphatic rings. The highest BCUT2D eigenvalue weighted by Crippen LogP contribution is 2.74. The zero-order valence-corrected chi connectivity index (χ0v) is 33.7. The minimum absolute atomic E-state index is 0.00450. The van der Waals surface area contributed by atoms with E-state index in [1.54, 1.807) is 0 Å². The highest BCUT2D eigenvalue weighted by Gasteiger charge is 2.69. The highest BCUT2D eigenvalue weighted by atomic mass is 16.7. The summed E-state index contributed by atoms with van der Waals surface area (Å²) in [7, 11) is 0. The lowest BCUT2D eigenvalue weighted by Gasteiger charge is -2.70. The topological polar surface area (TPSA) is 219 Å². The third kappa shape index (κ3) is 6.12. The molecule has 13 heteroatoms. The summed E-state index contributed by atoms with van der Waals surface area (Å²) in [5, 5.41) is 98.1. The molecule has 9 N–H and O–H groups in total. The predicted octanol–water partition coefficient (Wildman–Crippen LogP) is 1.68. The van der Waals surface area contributed by atoms with Gasteiger partial charge in [-0.1, -0.05) is 59.3 Å². The molecule has 0 aromatic rings. The van der Waals surface area contributed by atoms with E-state index in [4.69, 9.17) is 18.9 Å². The summed E-state index contributed by atoms with van der Waals surface area (Å²) in [6.45, 7) is 14.2. The van der Waals surface area contributed by atoms with Crippen molar-refractivity contribution in [1.82, 2.24) is 0 Å². The smallest absolute Gasteiger partial charge is 0.187 e. The van der Waals surface area contributed by atoms with E-state index >= 15 is 0 Å². The number of rotatable bonds is 7. The van der Waals surface area contributed by atoms with E-state index < -0.39 is 91.1 Å². The van der Waals surface area contributed by atoms with Gasteiger partial charge in [-0.15, -0.1) is 0 Å². The fourth-order valence-corrected chi connectivity index (χ4v) is 13.0. The highest BCUT2D eigenvalue weighted by molar-refractivity contribution is 5.47. The number of fused-ring (bicyclic) bond motifs is 6. The van der Waals surface area contributed by atoms with E-state index in [0.717, 1.165) is 38.5 Å². The zero-order chi connectivity index (χ0) is 40.3. The zero-order valence-electron chi connectivity index (χ0n) is 33.7. The average Bonchev–Trinajstić information content (AvgIpc) is 3.13. The van der Waals surface area contributed by atoms with E-state index in [-0.39, 0.29) is 46.7 Å². The quantitative estimate of drug-likeness (QED) is 0.168. The number of ether oxygens (including phenoxy) is 4. The molecule has 0 amide bonds. The molecular formula is C42H68O13. The molecule has 0 spiro atoms. The van der Waals surface area contributed by atoms with Crippen molar-refractivity contribution < 1.29 is 64.9 Å². The molecule has 19 atom stereocenters. The predicted molar refractivity (Wildman–Crippen MR) is 199 cm³/mol. The molecule has 19 unspecified atom stereocenters. The van der Waals surface area contributed by atoms with Crippen molar-refractivity contribution >= 4 is 0 Å². The first-order valence-corrected chi connectivity index (χ1v) is 20.6. The third-order valence-electron chi connectivity index (χ3n) is 16.8. The van der Waals surface area contributed by atoms with Crippen molar-refractivity contribution in [2.24, 2.45) is 44.3 Å². The summed E-state index contributed by atoms with van der Waals surface area (Å²) < 4.78 is 24.0. The lowest BCUT2D eigenvalue weighted by molar-refractivity contribution is -0.368.